The van der Waals surface area contributed by atoms with Crippen LogP contribution in [0.25, 0.3) is 22.6 Å². The van der Waals surface area contributed by atoms with Gasteiger partial charge in [0.15, 0.2) is 5.76 Å². The van der Waals surface area contributed by atoms with E-state index in [2.05, 4.69) is 0 Å². The number of aromatic nitrogens is 1. The van der Waals surface area contributed by atoms with Gasteiger partial charge in [-0.25, -0.2) is 4.98 Å². The Hall–Kier alpha value is -2.90. The molecule has 3 unspecified atom stereocenters. The predicted octanol–water partition coefficient (Wildman–Crippen LogP) is 5.32. The minimum atomic E-state index is -0.822. The normalized spacial score (nSPS) is 14.1. The number of rotatable bonds is 9. The maximum absolute atomic E-state index is 10.7. The standard InChI is InChI=1S/C27H27NO4S/c1-18(25(31)21-14-12-19(16-29)13-15-21)23(30)17-33-27-28-24(20-8-4-2-5-9-20)26(32-27)22-10-6-3-7-11-22/h2-15,18,23,25,29-31H,16-17H2,1H3. The van der Waals surface area contributed by atoms with Gasteiger partial charge in [0, 0.05) is 22.8 Å². The molecule has 1 aromatic heterocycles. The van der Waals surface area contributed by atoms with Crippen molar-refractivity contribution in [2.24, 2.45) is 5.92 Å². The first-order chi connectivity index (χ1) is 16.1. The van der Waals surface area contributed by atoms with Crippen LogP contribution in [-0.2, 0) is 6.61 Å². The molecule has 0 aliphatic heterocycles. The smallest absolute Gasteiger partial charge is 0.256 e. The minimum absolute atomic E-state index is 0.0444. The van der Waals surface area contributed by atoms with Crippen molar-refractivity contribution in [3.63, 3.8) is 0 Å². The third-order valence-corrected chi connectivity index (χ3v) is 6.61. The average molecular weight is 462 g/mol. The van der Waals surface area contributed by atoms with Crippen molar-refractivity contribution in [1.29, 1.82) is 0 Å². The van der Waals surface area contributed by atoms with Crippen LogP contribution in [0.4, 0.5) is 0 Å². The van der Waals surface area contributed by atoms with Crippen molar-refractivity contribution in [3.05, 3.63) is 96.1 Å². The minimum Gasteiger partial charge on any atom is -0.431 e. The molecule has 0 bridgehead atoms. The number of thioether (sulfide) groups is 1. The summed E-state index contributed by atoms with van der Waals surface area (Å²) in [6, 6.07) is 26.8. The van der Waals surface area contributed by atoms with Gasteiger partial charge in [-0.3, -0.25) is 0 Å². The van der Waals surface area contributed by atoms with Crippen LogP contribution >= 0.6 is 11.8 Å². The van der Waals surface area contributed by atoms with Crippen molar-refractivity contribution in [2.75, 3.05) is 5.75 Å². The molecule has 0 amide bonds. The number of aliphatic hydroxyl groups is 3. The molecule has 1 heterocycles. The fraction of sp³-hybridized carbons (Fsp3) is 0.222. The highest BCUT2D eigenvalue weighted by molar-refractivity contribution is 7.99. The van der Waals surface area contributed by atoms with Gasteiger partial charge in [0.05, 0.1) is 18.8 Å². The molecule has 3 N–H and O–H groups in total. The number of hydrogen-bond donors (Lipinski definition) is 3. The second kappa shape index (κ2) is 10.8. The Labute approximate surface area is 197 Å². The number of aliphatic hydroxyl groups excluding tert-OH is 3. The first-order valence-electron chi connectivity index (χ1n) is 10.9. The number of benzene rings is 3. The van der Waals surface area contributed by atoms with Crippen LogP contribution in [0.2, 0.25) is 0 Å². The third-order valence-electron chi connectivity index (χ3n) is 5.68. The molecule has 0 aliphatic carbocycles. The van der Waals surface area contributed by atoms with Gasteiger partial charge in [-0.05, 0) is 11.1 Å². The summed E-state index contributed by atoms with van der Waals surface area (Å²) in [6.45, 7) is 1.77. The van der Waals surface area contributed by atoms with Gasteiger partial charge in [-0.1, -0.05) is 104 Å². The molecule has 3 aromatic carbocycles. The highest BCUT2D eigenvalue weighted by Crippen LogP contribution is 2.36. The summed E-state index contributed by atoms with van der Waals surface area (Å²) in [5, 5.41) is 31.1. The quantitative estimate of drug-likeness (QED) is 0.292. The summed E-state index contributed by atoms with van der Waals surface area (Å²) >= 11 is 1.33. The van der Waals surface area contributed by atoms with E-state index in [-0.39, 0.29) is 6.61 Å². The Bertz CT molecular complexity index is 1090. The summed E-state index contributed by atoms with van der Waals surface area (Å²) < 4.78 is 6.11. The van der Waals surface area contributed by atoms with E-state index >= 15 is 0 Å². The molecule has 0 radical (unpaired) electrons. The van der Waals surface area contributed by atoms with Gasteiger partial charge < -0.3 is 19.7 Å². The van der Waals surface area contributed by atoms with Crippen LogP contribution in [-0.4, -0.2) is 32.2 Å². The van der Waals surface area contributed by atoms with E-state index in [9.17, 15) is 15.3 Å². The lowest BCUT2D eigenvalue weighted by atomic mass is 9.93. The largest absolute Gasteiger partial charge is 0.431 e. The van der Waals surface area contributed by atoms with E-state index in [1.165, 1.54) is 11.8 Å². The second-order valence-electron chi connectivity index (χ2n) is 7.97. The average Bonchev–Trinajstić information content (AvgIpc) is 3.32. The Balaban J connectivity index is 1.49. The highest BCUT2D eigenvalue weighted by atomic mass is 32.2. The molecule has 0 aliphatic rings. The lowest BCUT2D eigenvalue weighted by Crippen LogP contribution is -2.26. The topological polar surface area (TPSA) is 86.7 Å². The lowest BCUT2D eigenvalue weighted by Gasteiger charge is -2.24. The van der Waals surface area contributed by atoms with Gasteiger partial charge in [0.2, 0.25) is 0 Å². The molecule has 3 atom stereocenters. The zero-order valence-corrected chi connectivity index (χ0v) is 19.2. The molecule has 4 aromatic rings. The molecule has 0 spiro atoms. The van der Waals surface area contributed by atoms with Crippen LogP contribution in [0.1, 0.15) is 24.2 Å². The Morgan fingerprint density at radius 1 is 0.848 bits per heavy atom. The van der Waals surface area contributed by atoms with Gasteiger partial charge in [-0.15, -0.1) is 0 Å². The summed E-state index contributed by atoms with van der Waals surface area (Å²) in [6.07, 6.45) is -1.59. The molecular weight excluding hydrogens is 434 g/mol. The molecule has 4 rings (SSSR count). The summed E-state index contributed by atoms with van der Waals surface area (Å²) in [5.41, 5.74) is 4.14. The Morgan fingerprint density at radius 3 is 2.06 bits per heavy atom. The summed E-state index contributed by atoms with van der Waals surface area (Å²) in [4.78, 5) is 4.71. The van der Waals surface area contributed by atoms with Gasteiger partial charge in [0.25, 0.3) is 5.22 Å². The summed E-state index contributed by atoms with van der Waals surface area (Å²) in [5.74, 6) is 0.626. The van der Waals surface area contributed by atoms with Crippen LogP contribution < -0.4 is 0 Å². The molecule has 0 fully saturated rings. The SMILES string of the molecule is CC(C(O)CSc1nc(-c2ccccc2)c(-c2ccccc2)o1)C(O)c1ccc(CO)cc1. The van der Waals surface area contributed by atoms with E-state index in [0.29, 0.717) is 22.3 Å². The van der Waals surface area contributed by atoms with Crippen molar-refractivity contribution < 1.29 is 19.7 Å². The fourth-order valence-corrected chi connectivity index (χ4v) is 4.50. The molecule has 6 heteroatoms. The van der Waals surface area contributed by atoms with Gasteiger partial charge in [0.1, 0.15) is 5.69 Å². The lowest BCUT2D eigenvalue weighted by molar-refractivity contribution is 0.0329. The van der Waals surface area contributed by atoms with Crippen molar-refractivity contribution in [1.82, 2.24) is 4.98 Å². The number of oxazole rings is 1. The fourth-order valence-electron chi connectivity index (χ4n) is 3.58. The van der Waals surface area contributed by atoms with Crippen molar-refractivity contribution in [3.8, 4) is 22.6 Å². The number of hydrogen-bond acceptors (Lipinski definition) is 6. The zero-order chi connectivity index (χ0) is 23.2. The predicted molar refractivity (Wildman–Crippen MR) is 131 cm³/mol. The maximum atomic E-state index is 10.7. The van der Waals surface area contributed by atoms with Crippen molar-refractivity contribution >= 4 is 11.8 Å². The molecule has 0 saturated carbocycles. The first kappa shape index (κ1) is 23.3. The van der Waals surface area contributed by atoms with Crippen LogP contribution in [0.5, 0.6) is 0 Å². The van der Waals surface area contributed by atoms with Crippen molar-refractivity contribution in [2.45, 2.75) is 31.0 Å². The highest BCUT2D eigenvalue weighted by Gasteiger charge is 2.25. The van der Waals surface area contributed by atoms with E-state index in [1.54, 1.807) is 24.3 Å². The van der Waals surface area contributed by atoms with Crippen LogP contribution in [0.3, 0.4) is 0 Å². The van der Waals surface area contributed by atoms with E-state index in [4.69, 9.17) is 9.40 Å². The van der Waals surface area contributed by atoms with Gasteiger partial charge >= 0.3 is 0 Å². The van der Waals surface area contributed by atoms with E-state index < -0.39 is 18.1 Å². The van der Waals surface area contributed by atoms with E-state index in [1.807, 2.05) is 67.6 Å². The summed E-state index contributed by atoms with van der Waals surface area (Å²) in [7, 11) is 0. The number of nitrogens with zero attached hydrogens (tertiary/aromatic N) is 1. The van der Waals surface area contributed by atoms with E-state index in [0.717, 1.165) is 22.4 Å². The molecular formula is C27H27NO4S. The monoisotopic (exact) mass is 461 g/mol. The Morgan fingerprint density at radius 2 is 1.45 bits per heavy atom. The molecule has 170 valence electrons. The van der Waals surface area contributed by atoms with Crippen LogP contribution in [0.15, 0.2) is 94.6 Å². The van der Waals surface area contributed by atoms with Crippen LogP contribution in [0, 0.1) is 5.92 Å². The third kappa shape index (κ3) is 5.54. The molecule has 0 saturated heterocycles. The van der Waals surface area contributed by atoms with Gasteiger partial charge in [-0.2, -0.15) is 0 Å². The molecule has 33 heavy (non-hydrogen) atoms. The molecule has 5 nitrogen and oxygen atoms in total. The first-order valence-corrected chi connectivity index (χ1v) is 11.9. The zero-order valence-electron chi connectivity index (χ0n) is 18.3. The Kier molecular flexibility index (Phi) is 7.62. The maximum Gasteiger partial charge on any atom is 0.256 e. The second-order valence-corrected chi connectivity index (χ2v) is 8.94.